The molecule has 0 aliphatic carbocycles. The molecule has 0 atom stereocenters. The average molecular weight is 337 g/mol. The molecule has 1 N–H and O–H groups in total. The maximum absolute atomic E-state index is 12.4. The third-order valence-corrected chi connectivity index (χ3v) is 4.39. The van der Waals surface area contributed by atoms with Crippen LogP contribution in [0.3, 0.4) is 0 Å². The van der Waals surface area contributed by atoms with Gasteiger partial charge in [-0.2, -0.15) is 5.10 Å². The molecule has 1 saturated heterocycles. The molecule has 8 nitrogen and oxygen atoms in total. The zero-order chi connectivity index (χ0) is 17.2. The van der Waals surface area contributed by atoms with Gasteiger partial charge in [0.25, 0.3) is 5.91 Å². The van der Waals surface area contributed by atoms with Crippen molar-refractivity contribution in [1.29, 1.82) is 0 Å². The van der Waals surface area contributed by atoms with Crippen molar-refractivity contribution in [2.24, 2.45) is 0 Å². The van der Waals surface area contributed by atoms with Gasteiger partial charge < -0.3 is 10.2 Å². The Bertz CT molecular complexity index is 884. The Morgan fingerprint density at radius 1 is 1.28 bits per heavy atom. The van der Waals surface area contributed by atoms with Crippen LogP contribution in [-0.4, -0.2) is 54.5 Å². The Kier molecular flexibility index (Phi) is 4.01. The van der Waals surface area contributed by atoms with Crippen LogP contribution in [0.5, 0.6) is 0 Å². The van der Waals surface area contributed by atoms with Crippen LogP contribution in [0.15, 0.2) is 36.9 Å². The van der Waals surface area contributed by atoms with Gasteiger partial charge in [-0.25, -0.2) is 14.5 Å². The van der Waals surface area contributed by atoms with Crippen molar-refractivity contribution in [2.75, 3.05) is 18.4 Å². The summed E-state index contributed by atoms with van der Waals surface area (Å²) in [6.45, 7) is 3.27. The largest absolute Gasteiger partial charge is 0.379 e. The third kappa shape index (κ3) is 3.15. The Morgan fingerprint density at radius 3 is 2.88 bits per heavy atom. The normalized spacial score (nSPS) is 15.5. The molecule has 1 fully saturated rings. The molecule has 4 rings (SSSR count). The highest BCUT2D eigenvalue weighted by Crippen LogP contribution is 2.20. The van der Waals surface area contributed by atoms with Gasteiger partial charge in [0, 0.05) is 37.7 Å². The highest BCUT2D eigenvalue weighted by molar-refractivity contribution is 5.92. The molecule has 0 bridgehead atoms. The fraction of sp³-hybridized carbons (Fsp3) is 0.353. The molecule has 1 aliphatic heterocycles. The number of hydrogen-bond acceptors (Lipinski definition) is 6. The lowest BCUT2D eigenvalue weighted by Gasteiger charge is -2.32. The van der Waals surface area contributed by atoms with E-state index in [9.17, 15) is 4.79 Å². The van der Waals surface area contributed by atoms with Crippen LogP contribution in [0.4, 0.5) is 5.69 Å². The summed E-state index contributed by atoms with van der Waals surface area (Å²) in [7, 11) is 0. The zero-order valence-corrected chi connectivity index (χ0v) is 14.0. The van der Waals surface area contributed by atoms with Crippen LogP contribution in [0.2, 0.25) is 0 Å². The molecule has 25 heavy (non-hydrogen) atoms. The first kappa shape index (κ1) is 15.5. The minimum absolute atomic E-state index is 0.0540. The number of anilines is 1. The predicted molar refractivity (Wildman–Crippen MR) is 92.3 cm³/mol. The van der Waals surface area contributed by atoms with Crippen molar-refractivity contribution < 1.29 is 4.79 Å². The lowest BCUT2D eigenvalue weighted by atomic mass is 10.0. The molecule has 0 unspecified atom stereocenters. The van der Waals surface area contributed by atoms with E-state index in [1.54, 1.807) is 16.9 Å². The summed E-state index contributed by atoms with van der Waals surface area (Å²) in [5, 5.41) is 7.88. The number of rotatable bonds is 3. The molecule has 4 heterocycles. The van der Waals surface area contributed by atoms with E-state index in [4.69, 9.17) is 0 Å². The van der Waals surface area contributed by atoms with Crippen molar-refractivity contribution in [3.8, 4) is 0 Å². The summed E-state index contributed by atoms with van der Waals surface area (Å²) >= 11 is 0. The SMILES string of the molecule is Cc1nc2c(NC3CCN(C(=O)c4cnccn4)CC3)cccn2n1. The van der Waals surface area contributed by atoms with Gasteiger partial charge >= 0.3 is 0 Å². The second kappa shape index (κ2) is 6.46. The van der Waals surface area contributed by atoms with Crippen LogP contribution in [0.1, 0.15) is 29.2 Å². The number of nitrogens with one attached hydrogen (secondary N) is 1. The number of piperidine rings is 1. The van der Waals surface area contributed by atoms with Gasteiger partial charge in [-0.15, -0.1) is 0 Å². The van der Waals surface area contributed by atoms with E-state index in [-0.39, 0.29) is 5.91 Å². The van der Waals surface area contributed by atoms with E-state index in [0.29, 0.717) is 24.8 Å². The van der Waals surface area contributed by atoms with Crippen molar-refractivity contribution in [2.45, 2.75) is 25.8 Å². The highest BCUT2D eigenvalue weighted by atomic mass is 16.2. The van der Waals surface area contributed by atoms with E-state index >= 15 is 0 Å². The van der Waals surface area contributed by atoms with Gasteiger partial charge in [-0.3, -0.25) is 9.78 Å². The first-order chi connectivity index (χ1) is 12.2. The molecule has 128 valence electrons. The van der Waals surface area contributed by atoms with Crippen molar-refractivity contribution in [3.05, 3.63) is 48.4 Å². The van der Waals surface area contributed by atoms with Crippen molar-refractivity contribution in [1.82, 2.24) is 29.5 Å². The van der Waals surface area contributed by atoms with E-state index < -0.39 is 0 Å². The first-order valence-corrected chi connectivity index (χ1v) is 8.34. The summed E-state index contributed by atoms with van der Waals surface area (Å²) in [5.41, 5.74) is 2.21. The van der Waals surface area contributed by atoms with Crippen LogP contribution >= 0.6 is 0 Å². The number of pyridine rings is 1. The lowest BCUT2D eigenvalue weighted by Crippen LogP contribution is -2.42. The van der Waals surface area contributed by atoms with Crippen LogP contribution < -0.4 is 5.32 Å². The highest BCUT2D eigenvalue weighted by Gasteiger charge is 2.24. The Balaban J connectivity index is 1.41. The first-order valence-electron chi connectivity index (χ1n) is 8.34. The molecule has 1 aliphatic rings. The number of likely N-dealkylation sites (tertiary alicyclic amines) is 1. The summed E-state index contributed by atoms with van der Waals surface area (Å²) in [6.07, 6.45) is 8.27. The average Bonchev–Trinajstić information content (AvgIpc) is 3.04. The van der Waals surface area contributed by atoms with Gasteiger partial charge in [0.2, 0.25) is 0 Å². The maximum Gasteiger partial charge on any atom is 0.274 e. The molecule has 3 aromatic rings. The van der Waals surface area contributed by atoms with E-state index in [1.807, 2.05) is 30.2 Å². The van der Waals surface area contributed by atoms with E-state index in [0.717, 1.165) is 30.0 Å². The van der Waals surface area contributed by atoms with Crippen molar-refractivity contribution in [3.63, 3.8) is 0 Å². The van der Waals surface area contributed by atoms with Crippen LogP contribution in [0, 0.1) is 6.92 Å². The summed E-state index contributed by atoms with van der Waals surface area (Å²) < 4.78 is 1.78. The number of fused-ring (bicyclic) bond motifs is 1. The second-order valence-corrected chi connectivity index (χ2v) is 6.15. The Morgan fingerprint density at radius 2 is 2.12 bits per heavy atom. The van der Waals surface area contributed by atoms with Crippen LogP contribution in [-0.2, 0) is 0 Å². The van der Waals surface area contributed by atoms with E-state index in [1.165, 1.54) is 6.20 Å². The van der Waals surface area contributed by atoms with E-state index in [2.05, 4.69) is 25.4 Å². The molecule has 8 heteroatoms. The van der Waals surface area contributed by atoms with Gasteiger partial charge in [0.15, 0.2) is 5.65 Å². The summed E-state index contributed by atoms with van der Waals surface area (Å²) in [4.78, 5) is 26.8. The van der Waals surface area contributed by atoms with Gasteiger partial charge in [-0.1, -0.05) is 0 Å². The molecule has 0 radical (unpaired) electrons. The summed E-state index contributed by atoms with van der Waals surface area (Å²) in [6, 6.07) is 4.27. The maximum atomic E-state index is 12.4. The molecule has 0 spiro atoms. The number of aromatic nitrogens is 5. The number of nitrogens with zero attached hydrogens (tertiary/aromatic N) is 6. The molecule has 1 amide bonds. The molecule has 0 saturated carbocycles. The topological polar surface area (TPSA) is 88.3 Å². The van der Waals surface area contributed by atoms with Gasteiger partial charge in [0.1, 0.15) is 11.5 Å². The predicted octanol–water partition coefficient (Wildman–Crippen LogP) is 1.54. The van der Waals surface area contributed by atoms with Crippen LogP contribution in [0.25, 0.3) is 5.65 Å². The Labute approximate surface area is 144 Å². The fourth-order valence-corrected chi connectivity index (χ4v) is 3.14. The Hall–Kier alpha value is -3.03. The number of carbonyl (C=O) groups excluding carboxylic acids is 1. The molecular weight excluding hydrogens is 318 g/mol. The fourth-order valence-electron chi connectivity index (χ4n) is 3.14. The van der Waals surface area contributed by atoms with Gasteiger partial charge in [0.05, 0.1) is 11.9 Å². The molecule has 3 aromatic heterocycles. The van der Waals surface area contributed by atoms with Gasteiger partial charge in [-0.05, 0) is 31.9 Å². The quantitative estimate of drug-likeness (QED) is 0.780. The van der Waals surface area contributed by atoms with Crippen molar-refractivity contribution >= 4 is 17.2 Å². The number of aryl methyl sites for hydroxylation is 1. The molecular formula is C17H19N7O. The monoisotopic (exact) mass is 337 g/mol. The minimum atomic E-state index is -0.0540. The lowest BCUT2D eigenvalue weighted by molar-refractivity contribution is 0.0712. The zero-order valence-electron chi connectivity index (χ0n) is 14.0. The third-order valence-electron chi connectivity index (χ3n) is 4.39. The smallest absolute Gasteiger partial charge is 0.274 e. The number of carbonyl (C=O) groups is 1. The summed E-state index contributed by atoms with van der Waals surface area (Å²) in [5.74, 6) is 0.695. The number of hydrogen-bond donors (Lipinski definition) is 1. The minimum Gasteiger partial charge on any atom is -0.379 e. The second-order valence-electron chi connectivity index (χ2n) is 6.15. The number of amides is 1. The standard InChI is InChI=1S/C17H19N7O/c1-12-20-16-14(3-2-8-24(16)22-12)21-13-4-9-23(10-5-13)17(25)15-11-18-6-7-19-15/h2-3,6-8,11,13,21H,4-5,9-10H2,1H3. The molecule has 0 aromatic carbocycles.